The van der Waals surface area contributed by atoms with Gasteiger partial charge in [0.15, 0.2) is 0 Å². The molecule has 0 radical (unpaired) electrons. The summed E-state index contributed by atoms with van der Waals surface area (Å²) < 4.78 is 13.1. The Morgan fingerprint density at radius 2 is 1.82 bits per heavy atom. The molecule has 1 aliphatic rings. The molecule has 0 saturated heterocycles. The largest absolute Gasteiger partial charge is 0.341 e. The van der Waals surface area contributed by atoms with Crippen LogP contribution in [0.1, 0.15) is 24.0 Å². The average Bonchev–Trinajstić information content (AvgIpc) is 3.31. The van der Waals surface area contributed by atoms with E-state index < -0.39 is 5.41 Å². The fourth-order valence-corrected chi connectivity index (χ4v) is 3.03. The molecule has 1 saturated carbocycles. The zero-order chi connectivity index (χ0) is 15.7. The minimum absolute atomic E-state index is 0.0685. The van der Waals surface area contributed by atoms with E-state index >= 15 is 0 Å². The van der Waals surface area contributed by atoms with Crippen molar-refractivity contribution in [1.82, 2.24) is 4.90 Å². The molecule has 1 aliphatic carbocycles. The maximum atomic E-state index is 13.1. The SMILES string of the molecule is CN(Cc1ccccc1Cl)C(=O)C1(c2ccc(F)cc2)CC1. The summed E-state index contributed by atoms with van der Waals surface area (Å²) in [4.78, 5) is 14.5. The Hall–Kier alpha value is -1.87. The van der Waals surface area contributed by atoms with Crippen LogP contribution in [0.3, 0.4) is 0 Å². The number of hydrogen-bond acceptors (Lipinski definition) is 1. The van der Waals surface area contributed by atoms with Crippen molar-refractivity contribution in [2.24, 2.45) is 0 Å². The number of rotatable bonds is 4. The van der Waals surface area contributed by atoms with Crippen LogP contribution in [-0.4, -0.2) is 17.9 Å². The molecule has 0 bridgehead atoms. The molecule has 0 aliphatic heterocycles. The van der Waals surface area contributed by atoms with Crippen LogP contribution >= 0.6 is 11.6 Å². The summed E-state index contributed by atoms with van der Waals surface area (Å²) in [5, 5.41) is 0.661. The first-order chi connectivity index (χ1) is 10.5. The van der Waals surface area contributed by atoms with E-state index in [1.807, 2.05) is 24.3 Å². The fourth-order valence-electron chi connectivity index (χ4n) is 2.84. The highest BCUT2D eigenvalue weighted by Crippen LogP contribution is 2.49. The smallest absolute Gasteiger partial charge is 0.233 e. The first-order valence-electron chi connectivity index (χ1n) is 7.28. The summed E-state index contributed by atoms with van der Waals surface area (Å²) in [6, 6.07) is 13.8. The highest BCUT2D eigenvalue weighted by Gasteiger charge is 2.52. The van der Waals surface area contributed by atoms with Crippen molar-refractivity contribution in [2.45, 2.75) is 24.8 Å². The summed E-state index contributed by atoms with van der Waals surface area (Å²) in [6.07, 6.45) is 1.62. The van der Waals surface area contributed by atoms with Gasteiger partial charge in [0.25, 0.3) is 0 Å². The Labute approximate surface area is 134 Å². The monoisotopic (exact) mass is 317 g/mol. The van der Waals surface area contributed by atoms with Crippen molar-refractivity contribution in [3.63, 3.8) is 0 Å². The lowest BCUT2D eigenvalue weighted by atomic mass is 9.94. The standard InChI is InChI=1S/C18H17ClFNO/c1-21(12-13-4-2-3-5-16(13)19)17(22)18(10-11-18)14-6-8-15(20)9-7-14/h2-9H,10-12H2,1H3. The molecule has 0 heterocycles. The second-order valence-corrected chi connectivity index (χ2v) is 6.25. The molecule has 1 fully saturated rings. The van der Waals surface area contributed by atoms with Gasteiger partial charge in [-0.15, -0.1) is 0 Å². The Morgan fingerprint density at radius 3 is 2.41 bits per heavy atom. The summed E-state index contributed by atoms with van der Waals surface area (Å²) in [5.41, 5.74) is 1.34. The Bertz CT molecular complexity index is 694. The van der Waals surface area contributed by atoms with Gasteiger partial charge in [-0.25, -0.2) is 4.39 Å². The molecule has 22 heavy (non-hydrogen) atoms. The van der Waals surface area contributed by atoms with Crippen molar-refractivity contribution in [1.29, 1.82) is 0 Å². The molecule has 0 spiro atoms. The summed E-state index contributed by atoms with van der Waals surface area (Å²) in [6.45, 7) is 0.474. The van der Waals surface area contributed by atoms with Crippen LogP contribution in [0, 0.1) is 5.82 Å². The number of likely N-dealkylation sites (N-methyl/N-ethyl adjacent to an activating group) is 1. The van der Waals surface area contributed by atoms with Crippen LogP contribution < -0.4 is 0 Å². The van der Waals surface area contributed by atoms with Crippen LogP contribution in [0.25, 0.3) is 0 Å². The van der Waals surface area contributed by atoms with Gasteiger partial charge in [-0.05, 0) is 42.2 Å². The second-order valence-electron chi connectivity index (χ2n) is 5.84. The first kappa shape index (κ1) is 15.0. The molecule has 0 N–H and O–H groups in total. The zero-order valence-corrected chi connectivity index (χ0v) is 13.1. The van der Waals surface area contributed by atoms with Gasteiger partial charge < -0.3 is 4.90 Å². The van der Waals surface area contributed by atoms with Gasteiger partial charge in [0, 0.05) is 18.6 Å². The van der Waals surface area contributed by atoms with Gasteiger partial charge in [0.2, 0.25) is 5.91 Å². The van der Waals surface area contributed by atoms with Gasteiger partial charge in [0.1, 0.15) is 5.82 Å². The first-order valence-corrected chi connectivity index (χ1v) is 7.66. The Balaban J connectivity index is 1.78. The number of benzene rings is 2. The molecule has 0 unspecified atom stereocenters. The highest BCUT2D eigenvalue weighted by molar-refractivity contribution is 6.31. The molecule has 114 valence electrons. The molecule has 0 atom stereocenters. The Kier molecular flexibility index (Phi) is 3.92. The lowest BCUT2D eigenvalue weighted by molar-refractivity contribution is -0.133. The normalized spacial score (nSPS) is 15.4. The van der Waals surface area contributed by atoms with E-state index in [0.29, 0.717) is 11.6 Å². The van der Waals surface area contributed by atoms with Crippen LogP contribution in [0.5, 0.6) is 0 Å². The van der Waals surface area contributed by atoms with Gasteiger partial charge in [-0.3, -0.25) is 4.79 Å². The highest BCUT2D eigenvalue weighted by atomic mass is 35.5. The van der Waals surface area contributed by atoms with E-state index in [0.717, 1.165) is 24.0 Å². The average molecular weight is 318 g/mol. The maximum absolute atomic E-state index is 13.1. The lowest BCUT2D eigenvalue weighted by Gasteiger charge is -2.24. The number of halogens is 2. The fraction of sp³-hybridized carbons (Fsp3) is 0.278. The van der Waals surface area contributed by atoms with E-state index in [1.54, 1.807) is 24.1 Å². The molecular formula is C18H17ClFNO. The van der Waals surface area contributed by atoms with E-state index in [-0.39, 0.29) is 11.7 Å². The van der Waals surface area contributed by atoms with Crippen LogP contribution in [0.2, 0.25) is 5.02 Å². The minimum atomic E-state index is -0.482. The number of nitrogens with zero attached hydrogens (tertiary/aromatic N) is 1. The quantitative estimate of drug-likeness (QED) is 0.829. The number of carbonyl (C=O) groups is 1. The third-order valence-corrected chi connectivity index (χ3v) is 4.64. The molecule has 2 aromatic carbocycles. The van der Waals surface area contributed by atoms with Crippen molar-refractivity contribution in [2.75, 3.05) is 7.05 Å². The number of carbonyl (C=O) groups excluding carboxylic acids is 1. The van der Waals surface area contributed by atoms with Crippen molar-refractivity contribution in [3.05, 3.63) is 70.5 Å². The maximum Gasteiger partial charge on any atom is 0.233 e. The van der Waals surface area contributed by atoms with Gasteiger partial charge in [0.05, 0.1) is 5.41 Å². The van der Waals surface area contributed by atoms with Crippen molar-refractivity contribution >= 4 is 17.5 Å². The van der Waals surface area contributed by atoms with E-state index in [4.69, 9.17) is 11.6 Å². The van der Waals surface area contributed by atoms with Crippen LogP contribution in [0.15, 0.2) is 48.5 Å². The molecule has 0 aromatic heterocycles. The van der Waals surface area contributed by atoms with Gasteiger partial charge >= 0.3 is 0 Å². The molecule has 2 aromatic rings. The second kappa shape index (κ2) is 5.73. The minimum Gasteiger partial charge on any atom is -0.341 e. The molecule has 1 amide bonds. The van der Waals surface area contributed by atoms with Crippen molar-refractivity contribution < 1.29 is 9.18 Å². The van der Waals surface area contributed by atoms with Gasteiger partial charge in [-0.1, -0.05) is 41.9 Å². The van der Waals surface area contributed by atoms with Gasteiger partial charge in [-0.2, -0.15) is 0 Å². The molecular weight excluding hydrogens is 301 g/mol. The predicted molar refractivity (Wildman–Crippen MR) is 85.2 cm³/mol. The molecule has 3 rings (SSSR count). The van der Waals surface area contributed by atoms with E-state index in [1.165, 1.54) is 12.1 Å². The number of amides is 1. The topological polar surface area (TPSA) is 20.3 Å². The molecule has 4 heteroatoms. The van der Waals surface area contributed by atoms with E-state index in [9.17, 15) is 9.18 Å². The predicted octanol–water partition coefficient (Wildman–Crippen LogP) is 4.17. The number of hydrogen-bond donors (Lipinski definition) is 0. The van der Waals surface area contributed by atoms with Crippen LogP contribution in [0.4, 0.5) is 4.39 Å². The van der Waals surface area contributed by atoms with E-state index in [2.05, 4.69) is 0 Å². The van der Waals surface area contributed by atoms with Crippen molar-refractivity contribution in [3.8, 4) is 0 Å². The summed E-state index contributed by atoms with van der Waals surface area (Å²) >= 11 is 6.16. The molecule has 2 nitrogen and oxygen atoms in total. The third-order valence-electron chi connectivity index (χ3n) is 4.27. The third kappa shape index (κ3) is 2.73. The summed E-state index contributed by atoms with van der Waals surface area (Å²) in [7, 11) is 1.79. The summed E-state index contributed by atoms with van der Waals surface area (Å²) in [5.74, 6) is -0.213. The zero-order valence-electron chi connectivity index (χ0n) is 12.4. The van der Waals surface area contributed by atoms with Crippen LogP contribution in [-0.2, 0) is 16.8 Å². The Morgan fingerprint density at radius 1 is 1.18 bits per heavy atom. The lowest BCUT2D eigenvalue weighted by Crippen LogP contribution is -2.36.